The molecule has 0 bridgehead atoms. The first-order valence-corrected chi connectivity index (χ1v) is 6.54. The van der Waals surface area contributed by atoms with Crippen LogP contribution in [0.4, 0.5) is 0 Å². The number of hydrogen-bond acceptors (Lipinski definition) is 3. The number of carbonyl (C=O) groups is 1. The van der Waals surface area contributed by atoms with Crippen LogP contribution in [-0.2, 0) is 0 Å². The van der Waals surface area contributed by atoms with Gasteiger partial charge in [-0.25, -0.2) is 0 Å². The average molecular weight is 289 g/mol. The molecule has 0 aliphatic carbocycles. The molecule has 1 aliphatic heterocycles. The van der Waals surface area contributed by atoms with E-state index in [0.29, 0.717) is 0 Å². The predicted octanol–water partition coefficient (Wildman–Crippen LogP) is 1.99. The van der Waals surface area contributed by atoms with Gasteiger partial charge in [-0.05, 0) is 41.9 Å². The minimum Gasteiger partial charge on any atom is -0.346 e. The van der Waals surface area contributed by atoms with E-state index in [0.717, 1.165) is 28.9 Å². The van der Waals surface area contributed by atoms with Gasteiger partial charge in [-0.1, -0.05) is 0 Å². The second-order valence-electron chi connectivity index (χ2n) is 4.08. The van der Waals surface area contributed by atoms with E-state index in [9.17, 15) is 4.79 Å². The molecule has 5 heteroatoms. The quantitative estimate of drug-likeness (QED) is 0.874. The summed E-state index contributed by atoms with van der Waals surface area (Å²) in [6.45, 7) is 3.90. The second kappa shape index (κ2) is 4.23. The van der Waals surface area contributed by atoms with Crippen molar-refractivity contribution in [3.63, 3.8) is 0 Å². The Labute approximate surface area is 101 Å². The maximum Gasteiger partial charge on any atom is 0.252 e. The van der Waals surface area contributed by atoms with Gasteiger partial charge in [0.1, 0.15) is 0 Å². The fourth-order valence-electron chi connectivity index (χ4n) is 1.70. The van der Waals surface area contributed by atoms with Crippen LogP contribution in [0.1, 0.15) is 23.7 Å². The Morgan fingerprint density at radius 1 is 1.73 bits per heavy atom. The van der Waals surface area contributed by atoms with Crippen molar-refractivity contribution in [2.24, 2.45) is 0 Å². The molecule has 82 valence electrons. The van der Waals surface area contributed by atoms with Gasteiger partial charge in [0.05, 0.1) is 14.9 Å². The monoisotopic (exact) mass is 288 g/mol. The minimum absolute atomic E-state index is 0.0168. The lowest BCUT2D eigenvalue weighted by Gasteiger charge is -2.24. The lowest BCUT2D eigenvalue weighted by Crippen LogP contribution is -2.47. The average Bonchev–Trinajstić information content (AvgIpc) is 2.75. The molecule has 2 N–H and O–H groups in total. The van der Waals surface area contributed by atoms with Gasteiger partial charge in [-0.3, -0.25) is 4.79 Å². The molecule has 1 aromatic heterocycles. The fourth-order valence-corrected chi connectivity index (χ4v) is 2.84. The number of nitrogens with one attached hydrogen (secondary N) is 2. The Kier molecular flexibility index (Phi) is 3.13. The summed E-state index contributed by atoms with van der Waals surface area (Å²) in [6.07, 6.45) is 0.990. The highest BCUT2D eigenvalue weighted by Crippen LogP contribution is 2.21. The topological polar surface area (TPSA) is 41.1 Å². The molecule has 1 aliphatic rings. The van der Waals surface area contributed by atoms with E-state index in [-0.39, 0.29) is 11.4 Å². The number of thiophene rings is 1. The smallest absolute Gasteiger partial charge is 0.252 e. The van der Waals surface area contributed by atoms with Gasteiger partial charge < -0.3 is 10.6 Å². The number of halogens is 1. The summed E-state index contributed by atoms with van der Waals surface area (Å²) in [7, 11) is 0. The lowest BCUT2D eigenvalue weighted by molar-refractivity contribution is 0.0913. The summed E-state index contributed by atoms with van der Waals surface area (Å²) < 4.78 is 0.988. The third kappa shape index (κ3) is 2.59. The van der Waals surface area contributed by atoms with Crippen molar-refractivity contribution < 1.29 is 4.79 Å². The van der Waals surface area contributed by atoms with Gasteiger partial charge in [0.15, 0.2) is 0 Å². The van der Waals surface area contributed by atoms with Crippen molar-refractivity contribution in [3.8, 4) is 0 Å². The van der Waals surface area contributed by atoms with E-state index in [2.05, 4.69) is 33.5 Å². The molecule has 1 atom stereocenters. The molecule has 1 saturated heterocycles. The largest absolute Gasteiger partial charge is 0.346 e. The first-order chi connectivity index (χ1) is 7.09. The molecular formula is C10H13BrN2OS. The Hall–Kier alpha value is -0.390. The normalized spacial score (nSPS) is 25.5. The summed E-state index contributed by atoms with van der Waals surface area (Å²) in [5.41, 5.74) is 0.644. The van der Waals surface area contributed by atoms with Crippen LogP contribution in [0, 0.1) is 0 Å². The standard InChI is InChI=1S/C10H13BrN2OS/c1-10(2-3-12-6-10)13-9(14)7-4-8(11)15-5-7/h4-5,12H,2-3,6H2,1H3,(H,13,14). The molecule has 0 radical (unpaired) electrons. The van der Waals surface area contributed by atoms with Crippen LogP contribution in [0.25, 0.3) is 0 Å². The van der Waals surface area contributed by atoms with Crippen LogP contribution in [0.2, 0.25) is 0 Å². The number of rotatable bonds is 2. The number of amides is 1. The van der Waals surface area contributed by atoms with Gasteiger partial charge in [0.25, 0.3) is 5.91 Å². The molecule has 2 heterocycles. The Morgan fingerprint density at radius 2 is 2.53 bits per heavy atom. The maximum atomic E-state index is 11.9. The fraction of sp³-hybridized carbons (Fsp3) is 0.500. The highest BCUT2D eigenvalue weighted by molar-refractivity contribution is 9.11. The van der Waals surface area contributed by atoms with E-state index in [1.54, 1.807) is 0 Å². The van der Waals surface area contributed by atoms with Crippen LogP contribution >= 0.6 is 27.3 Å². The van der Waals surface area contributed by atoms with Gasteiger partial charge in [0, 0.05) is 11.9 Å². The van der Waals surface area contributed by atoms with E-state index in [1.807, 2.05) is 11.4 Å². The zero-order valence-electron chi connectivity index (χ0n) is 8.47. The molecule has 3 nitrogen and oxygen atoms in total. The van der Waals surface area contributed by atoms with Gasteiger partial charge in [-0.15, -0.1) is 11.3 Å². The first kappa shape index (κ1) is 11.1. The molecule has 1 amide bonds. The van der Waals surface area contributed by atoms with E-state index < -0.39 is 0 Å². The van der Waals surface area contributed by atoms with Gasteiger partial charge in [0.2, 0.25) is 0 Å². The summed E-state index contributed by atoms with van der Waals surface area (Å²) in [5.74, 6) is 0.0168. The third-order valence-electron chi connectivity index (χ3n) is 2.61. The van der Waals surface area contributed by atoms with Crippen molar-refractivity contribution in [2.75, 3.05) is 13.1 Å². The van der Waals surface area contributed by atoms with E-state index in [4.69, 9.17) is 0 Å². The Bertz CT molecular complexity index is 371. The second-order valence-corrected chi connectivity index (χ2v) is 6.37. The van der Waals surface area contributed by atoms with Crippen molar-refractivity contribution in [1.29, 1.82) is 0 Å². The third-order valence-corrected chi connectivity index (χ3v) is 4.12. The Morgan fingerprint density at radius 3 is 3.07 bits per heavy atom. The SMILES string of the molecule is CC1(NC(=O)c2csc(Br)c2)CCNC1. The Balaban J connectivity index is 2.03. The summed E-state index contributed by atoms with van der Waals surface area (Å²) >= 11 is 4.88. The highest BCUT2D eigenvalue weighted by atomic mass is 79.9. The lowest BCUT2D eigenvalue weighted by atomic mass is 10.0. The molecule has 1 aromatic rings. The molecule has 0 aromatic carbocycles. The zero-order chi connectivity index (χ0) is 10.9. The van der Waals surface area contributed by atoms with Crippen molar-refractivity contribution in [1.82, 2.24) is 10.6 Å². The summed E-state index contributed by atoms with van der Waals surface area (Å²) in [5, 5.41) is 8.19. The maximum absolute atomic E-state index is 11.9. The minimum atomic E-state index is -0.0918. The van der Waals surface area contributed by atoms with Gasteiger partial charge in [-0.2, -0.15) is 0 Å². The van der Waals surface area contributed by atoms with Crippen LogP contribution in [-0.4, -0.2) is 24.5 Å². The van der Waals surface area contributed by atoms with Gasteiger partial charge >= 0.3 is 0 Å². The van der Waals surface area contributed by atoms with Crippen molar-refractivity contribution in [2.45, 2.75) is 18.9 Å². The molecule has 2 rings (SSSR count). The highest BCUT2D eigenvalue weighted by Gasteiger charge is 2.30. The number of carbonyl (C=O) groups excluding carboxylic acids is 1. The van der Waals surface area contributed by atoms with Crippen LogP contribution in [0.3, 0.4) is 0 Å². The van der Waals surface area contributed by atoms with E-state index in [1.165, 1.54) is 11.3 Å². The molecule has 1 fully saturated rings. The summed E-state index contributed by atoms with van der Waals surface area (Å²) in [6, 6.07) is 1.85. The molecule has 0 saturated carbocycles. The zero-order valence-corrected chi connectivity index (χ0v) is 10.9. The molecule has 15 heavy (non-hydrogen) atoms. The number of hydrogen-bond donors (Lipinski definition) is 2. The predicted molar refractivity (Wildman–Crippen MR) is 65.4 cm³/mol. The van der Waals surface area contributed by atoms with Crippen LogP contribution < -0.4 is 10.6 Å². The molecular weight excluding hydrogens is 276 g/mol. The van der Waals surface area contributed by atoms with Crippen LogP contribution in [0.15, 0.2) is 15.2 Å². The van der Waals surface area contributed by atoms with E-state index >= 15 is 0 Å². The van der Waals surface area contributed by atoms with Crippen molar-refractivity contribution >= 4 is 33.2 Å². The first-order valence-electron chi connectivity index (χ1n) is 4.86. The molecule has 0 spiro atoms. The molecule has 1 unspecified atom stereocenters. The summed E-state index contributed by atoms with van der Waals surface area (Å²) in [4.78, 5) is 11.9. The van der Waals surface area contributed by atoms with Crippen molar-refractivity contribution in [3.05, 3.63) is 20.8 Å². The van der Waals surface area contributed by atoms with Crippen LogP contribution in [0.5, 0.6) is 0 Å².